The lowest BCUT2D eigenvalue weighted by atomic mass is 10.1. The van der Waals surface area contributed by atoms with Gasteiger partial charge in [0.25, 0.3) is 5.91 Å². The van der Waals surface area contributed by atoms with Crippen LogP contribution in [0.15, 0.2) is 23.4 Å². The summed E-state index contributed by atoms with van der Waals surface area (Å²) in [5.41, 5.74) is 5.36. The van der Waals surface area contributed by atoms with Crippen molar-refractivity contribution in [1.29, 1.82) is 0 Å². The maximum Gasteiger partial charge on any atom is 0.258 e. The number of amidine groups is 1. The molecule has 3 N–H and O–H groups in total. The van der Waals surface area contributed by atoms with Crippen LogP contribution in [0.2, 0.25) is 5.02 Å². The molecule has 0 aromatic heterocycles. The molecule has 1 atom stereocenters. The number of nitrogens with zero attached hydrogens (tertiary/aromatic N) is 2. The second kappa shape index (κ2) is 5.44. The highest BCUT2D eigenvalue weighted by molar-refractivity contribution is 6.33. The van der Waals surface area contributed by atoms with Crippen LogP contribution < -0.4 is 5.73 Å². The summed E-state index contributed by atoms with van der Waals surface area (Å²) in [5, 5.41) is 11.7. The van der Waals surface area contributed by atoms with Gasteiger partial charge in [-0.1, -0.05) is 22.8 Å². The molecule has 0 radical (unpaired) electrons. The van der Waals surface area contributed by atoms with E-state index in [0.717, 1.165) is 0 Å². The number of oxime groups is 1. The number of carbonyl (C=O) groups excluding carboxylic acids is 1. The normalized spacial score (nSPS) is 19.8. The summed E-state index contributed by atoms with van der Waals surface area (Å²) in [7, 11) is 0. The van der Waals surface area contributed by atoms with Gasteiger partial charge in [0.05, 0.1) is 16.6 Å². The van der Waals surface area contributed by atoms with Gasteiger partial charge in [-0.05, 0) is 25.0 Å². The van der Waals surface area contributed by atoms with E-state index in [4.69, 9.17) is 22.5 Å². The molecular weight excluding hydrogens is 273 g/mol. The van der Waals surface area contributed by atoms with E-state index in [9.17, 15) is 9.18 Å². The summed E-state index contributed by atoms with van der Waals surface area (Å²) in [6.45, 7) is 0.421. The smallest absolute Gasteiger partial charge is 0.258 e. The monoisotopic (exact) mass is 285 g/mol. The zero-order chi connectivity index (χ0) is 14.0. The lowest BCUT2D eigenvalue weighted by Crippen LogP contribution is -2.44. The third-order valence-corrected chi connectivity index (χ3v) is 3.46. The van der Waals surface area contributed by atoms with Gasteiger partial charge in [-0.2, -0.15) is 0 Å². The number of carbonyl (C=O) groups is 1. The molecule has 1 saturated heterocycles. The Bertz CT molecular complexity index is 515. The lowest BCUT2D eigenvalue weighted by molar-refractivity contribution is 0.0763. The summed E-state index contributed by atoms with van der Waals surface area (Å²) in [6, 6.07) is 3.53. The van der Waals surface area contributed by atoms with Crippen LogP contribution in [0.1, 0.15) is 23.2 Å². The highest BCUT2D eigenvalue weighted by Crippen LogP contribution is 2.25. The standard InChI is InChI=1S/C12H13ClFN3O2/c13-7-3-1-4-8(14)10(7)12(18)17-6-2-5-9(17)11(15)16-19/h1,3-4,9,19H,2,5-6H2,(H2,15,16). The first-order valence-corrected chi connectivity index (χ1v) is 6.16. The molecular formula is C12H13ClFN3O2. The quantitative estimate of drug-likeness (QED) is 0.376. The van der Waals surface area contributed by atoms with Crippen molar-refractivity contribution >= 4 is 23.3 Å². The zero-order valence-electron chi connectivity index (χ0n) is 10.0. The Morgan fingerprint density at radius 3 is 2.95 bits per heavy atom. The van der Waals surface area contributed by atoms with E-state index < -0.39 is 17.8 Å². The highest BCUT2D eigenvalue weighted by atomic mass is 35.5. The van der Waals surface area contributed by atoms with Gasteiger partial charge in [0, 0.05) is 6.54 Å². The third kappa shape index (κ3) is 2.49. The maximum absolute atomic E-state index is 13.7. The Kier molecular flexibility index (Phi) is 3.90. The van der Waals surface area contributed by atoms with Gasteiger partial charge < -0.3 is 15.8 Å². The Morgan fingerprint density at radius 2 is 2.32 bits per heavy atom. The molecule has 1 unspecified atom stereocenters. The second-order valence-electron chi connectivity index (χ2n) is 4.28. The molecule has 102 valence electrons. The van der Waals surface area contributed by atoms with Crippen molar-refractivity contribution in [3.63, 3.8) is 0 Å². The van der Waals surface area contributed by atoms with Crippen LogP contribution in [0.25, 0.3) is 0 Å². The first kappa shape index (κ1) is 13.6. The van der Waals surface area contributed by atoms with Crippen molar-refractivity contribution in [1.82, 2.24) is 4.90 Å². The molecule has 1 aliphatic heterocycles. The van der Waals surface area contributed by atoms with Crippen molar-refractivity contribution < 1.29 is 14.4 Å². The Hall–Kier alpha value is -1.82. The third-order valence-electron chi connectivity index (χ3n) is 3.15. The molecule has 1 aromatic rings. The van der Waals surface area contributed by atoms with E-state index in [2.05, 4.69) is 5.16 Å². The fourth-order valence-electron chi connectivity index (χ4n) is 2.23. The van der Waals surface area contributed by atoms with Crippen molar-refractivity contribution in [3.05, 3.63) is 34.6 Å². The van der Waals surface area contributed by atoms with Crippen LogP contribution in [0.4, 0.5) is 4.39 Å². The van der Waals surface area contributed by atoms with Gasteiger partial charge in [-0.3, -0.25) is 4.79 Å². The first-order chi connectivity index (χ1) is 9.06. The van der Waals surface area contributed by atoms with Crippen molar-refractivity contribution in [2.75, 3.05) is 6.54 Å². The molecule has 2 rings (SSSR count). The molecule has 1 aromatic carbocycles. The van der Waals surface area contributed by atoms with Crippen LogP contribution in [-0.4, -0.2) is 34.4 Å². The van der Waals surface area contributed by atoms with Crippen molar-refractivity contribution in [3.8, 4) is 0 Å². The number of amides is 1. The van der Waals surface area contributed by atoms with E-state index in [0.29, 0.717) is 19.4 Å². The van der Waals surface area contributed by atoms with Gasteiger partial charge in [0.1, 0.15) is 5.82 Å². The summed E-state index contributed by atoms with van der Waals surface area (Å²) < 4.78 is 13.7. The Balaban J connectivity index is 2.34. The number of rotatable bonds is 2. The summed E-state index contributed by atoms with van der Waals surface area (Å²) >= 11 is 5.87. The van der Waals surface area contributed by atoms with Gasteiger partial charge in [-0.25, -0.2) is 4.39 Å². The lowest BCUT2D eigenvalue weighted by Gasteiger charge is -2.24. The van der Waals surface area contributed by atoms with Crippen molar-refractivity contribution in [2.45, 2.75) is 18.9 Å². The van der Waals surface area contributed by atoms with Crippen LogP contribution in [0.3, 0.4) is 0 Å². The number of halogens is 2. The average molecular weight is 286 g/mol. The number of nitrogens with two attached hydrogens (primary N) is 1. The van der Waals surface area contributed by atoms with Gasteiger partial charge >= 0.3 is 0 Å². The minimum absolute atomic E-state index is 0.0511. The topological polar surface area (TPSA) is 78.9 Å². The van der Waals surface area contributed by atoms with E-state index in [1.807, 2.05) is 0 Å². The molecule has 1 aliphatic rings. The molecule has 1 fully saturated rings. The summed E-state index contributed by atoms with van der Waals surface area (Å²) in [5.74, 6) is -1.28. The average Bonchev–Trinajstić information content (AvgIpc) is 2.86. The Morgan fingerprint density at radius 1 is 1.58 bits per heavy atom. The van der Waals surface area contributed by atoms with E-state index in [1.165, 1.54) is 23.1 Å². The van der Waals surface area contributed by atoms with E-state index >= 15 is 0 Å². The molecule has 5 nitrogen and oxygen atoms in total. The van der Waals surface area contributed by atoms with E-state index in [-0.39, 0.29) is 16.4 Å². The maximum atomic E-state index is 13.7. The van der Waals surface area contributed by atoms with Crippen LogP contribution >= 0.6 is 11.6 Å². The van der Waals surface area contributed by atoms with Crippen LogP contribution in [-0.2, 0) is 0 Å². The SMILES string of the molecule is NC(=NO)C1CCCN1C(=O)c1c(F)cccc1Cl. The number of likely N-dealkylation sites (tertiary alicyclic amines) is 1. The predicted molar refractivity (Wildman–Crippen MR) is 68.9 cm³/mol. The molecule has 1 amide bonds. The second-order valence-corrected chi connectivity index (χ2v) is 4.69. The minimum atomic E-state index is -0.678. The number of benzene rings is 1. The van der Waals surface area contributed by atoms with Gasteiger partial charge in [0.2, 0.25) is 0 Å². The summed E-state index contributed by atoms with van der Waals surface area (Å²) in [6.07, 6.45) is 1.28. The summed E-state index contributed by atoms with van der Waals surface area (Å²) in [4.78, 5) is 13.7. The number of hydrogen-bond acceptors (Lipinski definition) is 3. The van der Waals surface area contributed by atoms with Gasteiger partial charge in [0.15, 0.2) is 5.84 Å². The highest BCUT2D eigenvalue weighted by Gasteiger charge is 2.34. The molecule has 1 heterocycles. The molecule has 0 saturated carbocycles. The molecule has 7 heteroatoms. The fourth-order valence-corrected chi connectivity index (χ4v) is 2.47. The van der Waals surface area contributed by atoms with Crippen LogP contribution in [0.5, 0.6) is 0 Å². The zero-order valence-corrected chi connectivity index (χ0v) is 10.8. The Labute approximate surface area is 114 Å². The molecule has 0 aliphatic carbocycles. The predicted octanol–water partition coefficient (Wildman–Crippen LogP) is 1.83. The molecule has 19 heavy (non-hydrogen) atoms. The van der Waals surface area contributed by atoms with Crippen LogP contribution in [0, 0.1) is 5.82 Å². The fraction of sp³-hybridized carbons (Fsp3) is 0.333. The molecule has 0 spiro atoms. The molecule has 0 bridgehead atoms. The van der Waals surface area contributed by atoms with Gasteiger partial charge in [-0.15, -0.1) is 0 Å². The number of hydrogen-bond donors (Lipinski definition) is 2. The largest absolute Gasteiger partial charge is 0.409 e. The van der Waals surface area contributed by atoms with Crippen molar-refractivity contribution in [2.24, 2.45) is 10.9 Å². The minimum Gasteiger partial charge on any atom is -0.409 e. The first-order valence-electron chi connectivity index (χ1n) is 5.78. The van der Waals surface area contributed by atoms with E-state index in [1.54, 1.807) is 0 Å².